The number of nitrogens with two attached hydrogens (primary N) is 1. The third kappa shape index (κ3) is 1.17. The highest BCUT2D eigenvalue weighted by atomic mass is 16.2. The summed E-state index contributed by atoms with van der Waals surface area (Å²) in [5.41, 5.74) is 5.49. The van der Waals surface area contributed by atoms with Crippen molar-refractivity contribution in [3.05, 3.63) is 21.5 Å². The lowest BCUT2D eigenvalue weighted by atomic mass is 10.1. The lowest BCUT2D eigenvalue weighted by molar-refractivity contribution is 0.0958. The molecule has 1 amide bonds. The van der Waals surface area contributed by atoms with Crippen LogP contribution in [-0.4, -0.2) is 30.1 Å². The molecular formula is C11H11N5O2. The van der Waals surface area contributed by atoms with E-state index < -0.39 is 5.56 Å². The van der Waals surface area contributed by atoms with Gasteiger partial charge < -0.3 is 16.0 Å². The Morgan fingerprint density at radius 1 is 1.28 bits per heavy atom. The van der Waals surface area contributed by atoms with Crippen molar-refractivity contribution in [1.29, 1.82) is 5.26 Å². The van der Waals surface area contributed by atoms with Gasteiger partial charge in [0.1, 0.15) is 23.0 Å². The third-order valence-corrected chi connectivity index (χ3v) is 3.38. The van der Waals surface area contributed by atoms with E-state index in [2.05, 4.69) is 5.32 Å². The Labute approximate surface area is 102 Å². The quantitative estimate of drug-likeness (QED) is 0.601. The van der Waals surface area contributed by atoms with Crippen LogP contribution < -0.4 is 21.5 Å². The second-order valence-electron chi connectivity index (χ2n) is 4.30. The van der Waals surface area contributed by atoms with E-state index in [-0.39, 0.29) is 22.7 Å². The number of nitrogens with zero attached hydrogens (tertiary/aromatic N) is 3. The Bertz CT molecular complexity index is 655. The van der Waals surface area contributed by atoms with Crippen molar-refractivity contribution >= 4 is 17.4 Å². The first-order valence-corrected chi connectivity index (χ1v) is 5.64. The number of hydrogen-bond acceptors (Lipinski definition) is 5. The molecule has 2 aliphatic rings. The van der Waals surface area contributed by atoms with Crippen molar-refractivity contribution in [1.82, 2.24) is 9.88 Å². The zero-order valence-electron chi connectivity index (χ0n) is 9.56. The van der Waals surface area contributed by atoms with Gasteiger partial charge in [-0.3, -0.25) is 14.2 Å². The molecule has 0 atom stereocenters. The Morgan fingerprint density at radius 2 is 2.06 bits per heavy atom. The molecule has 0 bridgehead atoms. The molecule has 0 saturated carbocycles. The molecule has 0 saturated heterocycles. The van der Waals surface area contributed by atoms with Crippen LogP contribution in [0.25, 0.3) is 0 Å². The van der Waals surface area contributed by atoms with E-state index >= 15 is 0 Å². The number of amides is 1. The van der Waals surface area contributed by atoms with Crippen molar-refractivity contribution in [2.24, 2.45) is 0 Å². The first-order chi connectivity index (χ1) is 8.65. The molecule has 1 aromatic rings. The number of nitrogen functional groups attached to an aromatic ring is 1. The summed E-state index contributed by atoms with van der Waals surface area (Å²) in [6.45, 7) is 2.29. The monoisotopic (exact) mass is 245 g/mol. The van der Waals surface area contributed by atoms with Gasteiger partial charge in [0.2, 0.25) is 0 Å². The average molecular weight is 245 g/mol. The first kappa shape index (κ1) is 10.7. The molecule has 0 radical (unpaired) electrons. The maximum absolute atomic E-state index is 12.1. The number of hydrogen-bond donors (Lipinski definition) is 2. The number of carbonyl (C=O) groups excluding carboxylic acids is 1. The van der Waals surface area contributed by atoms with Gasteiger partial charge in [0.05, 0.1) is 5.69 Å². The molecule has 7 nitrogen and oxygen atoms in total. The Balaban J connectivity index is 2.44. The van der Waals surface area contributed by atoms with Crippen LogP contribution in [-0.2, 0) is 6.54 Å². The summed E-state index contributed by atoms with van der Waals surface area (Å²) in [5.74, 6) is 0.226. The second kappa shape index (κ2) is 3.50. The van der Waals surface area contributed by atoms with E-state index in [1.807, 2.05) is 4.90 Å². The summed E-state index contributed by atoms with van der Waals surface area (Å²) in [4.78, 5) is 26.0. The minimum atomic E-state index is -0.411. The van der Waals surface area contributed by atoms with Crippen LogP contribution in [0.4, 0.5) is 11.5 Å². The SMILES string of the molecule is N#Cc1c(N)c2c3n(c1=O)CCN3CCNC2=O. The number of nitriles is 1. The molecule has 2 aliphatic heterocycles. The lowest BCUT2D eigenvalue weighted by Crippen LogP contribution is -2.30. The summed E-state index contributed by atoms with van der Waals surface area (Å²) in [5, 5.41) is 11.7. The Kier molecular flexibility index (Phi) is 2.07. The van der Waals surface area contributed by atoms with Crippen LogP contribution in [0.3, 0.4) is 0 Å². The minimum Gasteiger partial charge on any atom is -0.397 e. The maximum Gasteiger partial charge on any atom is 0.272 e. The molecule has 3 rings (SSSR count). The average Bonchev–Trinajstić information content (AvgIpc) is 2.67. The fourth-order valence-electron chi connectivity index (χ4n) is 2.53. The van der Waals surface area contributed by atoms with Gasteiger partial charge in [-0.2, -0.15) is 5.26 Å². The molecule has 0 aromatic carbocycles. The van der Waals surface area contributed by atoms with Gasteiger partial charge in [-0.1, -0.05) is 0 Å². The molecular weight excluding hydrogens is 234 g/mol. The van der Waals surface area contributed by atoms with E-state index in [1.54, 1.807) is 6.07 Å². The van der Waals surface area contributed by atoms with E-state index in [9.17, 15) is 9.59 Å². The summed E-state index contributed by atoms with van der Waals surface area (Å²) in [7, 11) is 0. The van der Waals surface area contributed by atoms with Crippen molar-refractivity contribution in [3.8, 4) is 6.07 Å². The van der Waals surface area contributed by atoms with E-state index in [1.165, 1.54) is 4.57 Å². The highest BCUT2D eigenvalue weighted by Crippen LogP contribution is 2.30. The zero-order valence-corrected chi connectivity index (χ0v) is 9.56. The Hall–Kier alpha value is -2.49. The number of rotatable bonds is 0. The van der Waals surface area contributed by atoms with Gasteiger partial charge in [0, 0.05) is 26.2 Å². The van der Waals surface area contributed by atoms with Gasteiger partial charge in [0.15, 0.2) is 0 Å². The summed E-state index contributed by atoms with van der Waals surface area (Å²) >= 11 is 0. The van der Waals surface area contributed by atoms with Crippen LogP contribution >= 0.6 is 0 Å². The van der Waals surface area contributed by atoms with Gasteiger partial charge in [-0.05, 0) is 0 Å². The van der Waals surface area contributed by atoms with Crippen molar-refractivity contribution < 1.29 is 4.79 Å². The molecule has 0 spiro atoms. The fraction of sp³-hybridized carbons (Fsp3) is 0.364. The fourth-order valence-corrected chi connectivity index (χ4v) is 2.53. The minimum absolute atomic E-state index is 0.0138. The second-order valence-corrected chi connectivity index (χ2v) is 4.30. The van der Waals surface area contributed by atoms with E-state index in [4.69, 9.17) is 11.0 Å². The Morgan fingerprint density at radius 3 is 2.78 bits per heavy atom. The normalized spacial score (nSPS) is 16.8. The highest BCUT2D eigenvalue weighted by Gasteiger charge is 2.33. The zero-order chi connectivity index (χ0) is 12.9. The van der Waals surface area contributed by atoms with E-state index in [0.29, 0.717) is 32.0 Å². The van der Waals surface area contributed by atoms with Gasteiger partial charge in [0.25, 0.3) is 11.5 Å². The summed E-state index contributed by atoms with van der Waals surface area (Å²) < 4.78 is 1.47. The van der Waals surface area contributed by atoms with E-state index in [0.717, 1.165) is 0 Å². The predicted octanol–water partition coefficient (Wildman–Crippen LogP) is -1.13. The van der Waals surface area contributed by atoms with Crippen LogP contribution in [0, 0.1) is 11.3 Å². The highest BCUT2D eigenvalue weighted by molar-refractivity contribution is 6.05. The molecule has 92 valence electrons. The summed E-state index contributed by atoms with van der Waals surface area (Å²) in [6, 6.07) is 1.79. The van der Waals surface area contributed by atoms with Gasteiger partial charge in [-0.25, -0.2) is 0 Å². The molecule has 3 N–H and O–H groups in total. The smallest absolute Gasteiger partial charge is 0.272 e. The predicted molar refractivity (Wildman–Crippen MR) is 64.4 cm³/mol. The first-order valence-electron chi connectivity index (χ1n) is 5.64. The maximum atomic E-state index is 12.1. The topological polar surface area (TPSA) is 104 Å². The molecule has 1 aromatic heterocycles. The molecule has 7 heteroatoms. The molecule has 0 aliphatic carbocycles. The largest absolute Gasteiger partial charge is 0.397 e. The van der Waals surface area contributed by atoms with Crippen molar-refractivity contribution in [3.63, 3.8) is 0 Å². The number of pyridine rings is 1. The number of aromatic nitrogens is 1. The van der Waals surface area contributed by atoms with Crippen LogP contribution in [0.2, 0.25) is 0 Å². The standard InChI is InChI=1S/C11H11N5O2/c12-5-6-8(13)7-9(17)14-1-2-15-3-4-16(10(7)15)11(6)18/h1-4,13H2,(H,14,17). The summed E-state index contributed by atoms with van der Waals surface area (Å²) in [6.07, 6.45) is 0. The van der Waals surface area contributed by atoms with Crippen LogP contribution in [0.15, 0.2) is 4.79 Å². The van der Waals surface area contributed by atoms with Crippen LogP contribution in [0.5, 0.6) is 0 Å². The van der Waals surface area contributed by atoms with Crippen molar-refractivity contribution in [2.75, 3.05) is 30.3 Å². The third-order valence-electron chi connectivity index (χ3n) is 3.38. The molecule has 18 heavy (non-hydrogen) atoms. The van der Waals surface area contributed by atoms with Crippen LogP contribution in [0.1, 0.15) is 15.9 Å². The van der Waals surface area contributed by atoms with Crippen molar-refractivity contribution in [2.45, 2.75) is 6.54 Å². The number of carbonyl (C=O) groups is 1. The lowest BCUT2D eigenvalue weighted by Gasteiger charge is -2.17. The van der Waals surface area contributed by atoms with Gasteiger partial charge in [-0.15, -0.1) is 0 Å². The number of anilines is 2. The molecule has 0 unspecified atom stereocenters. The number of nitrogens with one attached hydrogen (secondary N) is 1. The molecule has 0 fully saturated rings. The molecule has 3 heterocycles. The van der Waals surface area contributed by atoms with Gasteiger partial charge >= 0.3 is 0 Å².